The van der Waals surface area contributed by atoms with Gasteiger partial charge in [-0.25, -0.2) is 4.98 Å². The van der Waals surface area contributed by atoms with Crippen LogP contribution < -0.4 is 20.5 Å². The van der Waals surface area contributed by atoms with Crippen LogP contribution in [0.15, 0.2) is 41.6 Å². The Bertz CT molecular complexity index is 1150. The molecular formula is C19H20N6O4. The fourth-order valence-electron chi connectivity index (χ4n) is 3.34. The molecule has 3 aromatic rings. The molecule has 1 aliphatic heterocycles. The molecule has 2 amide bonds. The predicted octanol–water partition coefficient (Wildman–Crippen LogP) is 0.0603. The van der Waals surface area contributed by atoms with E-state index >= 15 is 0 Å². The maximum Gasteiger partial charge on any atom is 0.264 e. The van der Waals surface area contributed by atoms with E-state index in [0.29, 0.717) is 22.5 Å². The zero-order chi connectivity index (χ0) is 20.5. The molecule has 0 radical (unpaired) electrons. The van der Waals surface area contributed by atoms with Crippen molar-refractivity contribution in [1.29, 1.82) is 0 Å². The molecule has 150 valence electrons. The molecule has 3 heterocycles. The number of benzene rings is 1. The molecule has 0 spiro atoms. The number of rotatable bonds is 4. The van der Waals surface area contributed by atoms with Gasteiger partial charge in [0.2, 0.25) is 5.91 Å². The third kappa shape index (κ3) is 3.33. The molecule has 0 saturated heterocycles. The first-order chi connectivity index (χ1) is 14.0. The average molecular weight is 396 g/mol. The third-order valence-electron chi connectivity index (χ3n) is 4.90. The lowest BCUT2D eigenvalue weighted by Gasteiger charge is -2.34. The molecule has 0 unspecified atom stereocenters. The van der Waals surface area contributed by atoms with Crippen LogP contribution in [0, 0.1) is 0 Å². The van der Waals surface area contributed by atoms with Gasteiger partial charge in [0.05, 0.1) is 24.8 Å². The van der Waals surface area contributed by atoms with Gasteiger partial charge < -0.3 is 15.0 Å². The summed E-state index contributed by atoms with van der Waals surface area (Å²) in [5.74, 6) is -0.0519. The Labute approximate surface area is 165 Å². The summed E-state index contributed by atoms with van der Waals surface area (Å²) in [5, 5.41) is 6.99. The van der Waals surface area contributed by atoms with Crippen molar-refractivity contribution >= 4 is 28.5 Å². The van der Waals surface area contributed by atoms with Gasteiger partial charge in [-0.05, 0) is 12.1 Å². The first-order valence-electron chi connectivity index (χ1n) is 9.14. The lowest BCUT2D eigenvalue weighted by Crippen LogP contribution is -2.50. The van der Waals surface area contributed by atoms with Crippen molar-refractivity contribution in [3.63, 3.8) is 0 Å². The largest absolute Gasteiger partial charge is 0.477 e. The Morgan fingerprint density at radius 1 is 1.31 bits per heavy atom. The number of hydrogen-bond acceptors (Lipinski definition) is 6. The number of likely N-dealkylation sites (N-methyl/N-ethyl adjacent to an activating group) is 1. The minimum Gasteiger partial charge on any atom is -0.477 e. The molecule has 4 rings (SSSR count). The standard InChI is InChI=1S/C19H20N6O4/c1-20-18(27)15-10-25(13-5-3-4-6-14(13)29-15)16(26)7-8-24-11-21-17-12(19(24)28)9-22-23(17)2/h3-6,9,11,15H,7-8,10H2,1-2H3,(H,20,27)/t15-/m0/s1. The highest BCUT2D eigenvalue weighted by molar-refractivity contribution is 5.97. The Morgan fingerprint density at radius 3 is 2.90 bits per heavy atom. The summed E-state index contributed by atoms with van der Waals surface area (Å²) >= 11 is 0. The molecule has 10 heteroatoms. The average Bonchev–Trinajstić information content (AvgIpc) is 3.13. The lowest BCUT2D eigenvalue weighted by molar-refractivity contribution is -0.128. The van der Waals surface area contributed by atoms with Gasteiger partial charge in [-0.15, -0.1) is 0 Å². The molecule has 0 saturated carbocycles. The van der Waals surface area contributed by atoms with Crippen LogP contribution in [0.4, 0.5) is 5.69 Å². The van der Waals surface area contributed by atoms with E-state index in [1.54, 1.807) is 31.3 Å². The van der Waals surface area contributed by atoms with Crippen LogP contribution >= 0.6 is 0 Å². The van der Waals surface area contributed by atoms with Gasteiger partial charge in [0.15, 0.2) is 11.8 Å². The summed E-state index contributed by atoms with van der Waals surface area (Å²) in [6.45, 7) is 0.268. The van der Waals surface area contributed by atoms with Gasteiger partial charge in [-0.2, -0.15) is 5.10 Å². The van der Waals surface area contributed by atoms with Crippen LogP contribution in [0.3, 0.4) is 0 Å². The Hall–Kier alpha value is -3.69. The quantitative estimate of drug-likeness (QED) is 0.668. The second kappa shape index (κ2) is 7.38. The molecule has 1 aromatic carbocycles. The smallest absolute Gasteiger partial charge is 0.264 e. The monoisotopic (exact) mass is 396 g/mol. The molecule has 1 aliphatic rings. The Kier molecular flexibility index (Phi) is 4.75. The van der Waals surface area contributed by atoms with E-state index in [4.69, 9.17) is 4.74 Å². The number of nitrogens with zero attached hydrogens (tertiary/aromatic N) is 5. The number of carbonyl (C=O) groups is 2. The third-order valence-corrected chi connectivity index (χ3v) is 4.90. The number of hydrogen-bond donors (Lipinski definition) is 1. The molecule has 1 N–H and O–H groups in total. The number of aryl methyl sites for hydroxylation is 2. The van der Waals surface area contributed by atoms with Gasteiger partial charge in [0, 0.05) is 27.1 Å². The van der Waals surface area contributed by atoms with Crippen molar-refractivity contribution in [2.45, 2.75) is 19.1 Å². The van der Waals surface area contributed by atoms with Gasteiger partial charge in [-0.1, -0.05) is 12.1 Å². The van der Waals surface area contributed by atoms with Gasteiger partial charge in [0.1, 0.15) is 11.1 Å². The van der Waals surface area contributed by atoms with E-state index in [9.17, 15) is 14.4 Å². The predicted molar refractivity (Wildman–Crippen MR) is 105 cm³/mol. The normalized spacial score (nSPS) is 15.7. The summed E-state index contributed by atoms with van der Waals surface area (Å²) in [7, 11) is 3.23. The molecule has 0 bridgehead atoms. The molecule has 0 aliphatic carbocycles. The highest BCUT2D eigenvalue weighted by Crippen LogP contribution is 2.33. The van der Waals surface area contributed by atoms with Crippen LogP contribution in [0.1, 0.15) is 6.42 Å². The van der Waals surface area contributed by atoms with E-state index in [2.05, 4.69) is 15.4 Å². The maximum absolute atomic E-state index is 13.0. The highest BCUT2D eigenvalue weighted by atomic mass is 16.5. The molecule has 2 aromatic heterocycles. The number of amides is 2. The van der Waals surface area contributed by atoms with Crippen LogP contribution in [0.5, 0.6) is 5.75 Å². The van der Waals surface area contributed by atoms with Gasteiger partial charge in [0.25, 0.3) is 11.5 Å². The number of fused-ring (bicyclic) bond motifs is 2. The van der Waals surface area contributed by atoms with Crippen molar-refractivity contribution in [3.05, 3.63) is 47.1 Å². The zero-order valence-corrected chi connectivity index (χ0v) is 16.0. The van der Waals surface area contributed by atoms with Crippen LogP contribution in [-0.2, 0) is 23.2 Å². The van der Waals surface area contributed by atoms with Crippen LogP contribution in [0.25, 0.3) is 11.0 Å². The van der Waals surface area contributed by atoms with Crippen molar-refractivity contribution in [1.82, 2.24) is 24.6 Å². The number of ether oxygens (including phenoxy) is 1. The first kappa shape index (κ1) is 18.7. The summed E-state index contributed by atoms with van der Waals surface area (Å²) in [6, 6.07) is 7.06. The maximum atomic E-state index is 13.0. The second-order valence-electron chi connectivity index (χ2n) is 6.69. The summed E-state index contributed by atoms with van der Waals surface area (Å²) in [4.78, 5) is 43.4. The number of para-hydroxylation sites is 2. The first-order valence-corrected chi connectivity index (χ1v) is 9.14. The lowest BCUT2D eigenvalue weighted by atomic mass is 10.1. The highest BCUT2D eigenvalue weighted by Gasteiger charge is 2.33. The molecule has 29 heavy (non-hydrogen) atoms. The molecule has 1 atom stereocenters. The van der Waals surface area contributed by atoms with Crippen LogP contribution in [0.2, 0.25) is 0 Å². The van der Waals surface area contributed by atoms with E-state index < -0.39 is 6.10 Å². The fraction of sp³-hybridized carbons (Fsp3) is 0.316. The van der Waals surface area contributed by atoms with E-state index in [1.165, 1.54) is 33.7 Å². The fourth-order valence-corrected chi connectivity index (χ4v) is 3.34. The second-order valence-corrected chi connectivity index (χ2v) is 6.69. The van der Waals surface area contributed by atoms with Gasteiger partial charge in [-0.3, -0.25) is 23.6 Å². The number of nitrogens with one attached hydrogen (secondary N) is 1. The van der Waals surface area contributed by atoms with E-state index in [0.717, 1.165) is 0 Å². The van der Waals surface area contributed by atoms with Crippen molar-refractivity contribution in [3.8, 4) is 5.75 Å². The van der Waals surface area contributed by atoms with Crippen LogP contribution in [-0.4, -0.2) is 50.8 Å². The minimum atomic E-state index is -0.796. The zero-order valence-electron chi connectivity index (χ0n) is 16.0. The van der Waals surface area contributed by atoms with Crippen molar-refractivity contribution < 1.29 is 14.3 Å². The minimum absolute atomic E-state index is 0.0716. The SMILES string of the molecule is CNC(=O)[C@@H]1CN(C(=O)CCn2cnc3c(cnn3C)c2=O)c2ccccc2O1. The van der Waals surface area contributed by atoms with Crippen molar-refractivity contribution in [2.75, 3.05) is 18.5 Å². The van der Waals surface area contributed by atoms with Gasteiger partial charge >= 0.3 is 0 Å². The van der Waals surface area contributed by atoms with E-state index in [1.807, 2.05) is 0 Å². The topological polar surface area (TPSA) is 111 Å². The summed E-state index contributed by atoms with van der Waals surface area (Å²) in [6.07, 6.45) is 2.16. The van der Waals surface area contributed by atoms with Crippen molar-refractivity contribution in [2.24, 2.45) is 7.05 Å². The number of carbonyl (C=O) groups excluding carboxylic acids is 2. The number of aromatic nitrogens is 4. The van der Waals surface area contributed by atoms with E-state index in [-0.39, 0.29) is 36.9 Å². The molecule has 0 fully saturated rings. The Balaban J connectivity index is 1.55. The summed E-state index contributed by atoms with van der Waals surface area (Å²) in [5.41, 5.74) is 0.848. The Morgan fingerprint density at radius 2 is 2.10 bits per heavy atom. The molecular weight excluding hydrogens is 376 g/mol. The molecule has 10 nitrogen and oxygen atoms in total. The number of anilines is 1. The summed E-state index contributed by atoms with van der Waals surface area (Å²) < 4.78 is 8.63.